The Labute approximate surface area is 85.3 Å². The van der Waals surface area contributed by atoms with Crippen molar-refractivity contribution in [3.05, 3.63) is 32.3 Å². The van der Waals surface area contributed by atoms with E-state index < -0.39 is 12.2 Å². The number of nitrogens with zero attached hydrogens (tertiary/aromatic N) is 3. The maximum Gasteiger partial charge on any atom is 0.106 e. The Hall–Kier alpha value is -1.07. The van der Waals surface area contributed by atoms with Crippen LogP contribution in [0, 0.1) is 6.92 Å². The zero-order chi connectivity index (χ0) is 10.6. The summed E-state index contributed by atoms with van der Waals surface area (Å²) < 4.78 is 0. The summed E-state index contributed by atoms with van der Waals surface area (Å²) in [6.45, 7) is 1.80. The predicted octanol–water partition coefficient (Wildman–Crippen LogP) is 1.76. The van der Waals surface area contributed by atoms with Gasteiger partial charge < -0.3 is 10.2 Å². The molecule has 0 saturated carbocycles. The molecule has 1 heterocycles. The van der Waals surface area contributed by atoms with Crippen LogP contribution in [0.25, 0.3) is 10.4 Å². The fraction of sp³-hybridized carbons (Fsp3) is 0.500. The van der Waals surface area contributed by atoms with Gasteiger partial charge in [0.1, 0.15) is 6.10 Å². The minimum Gasteiger partial charge on any atom is -0.390 e. The molecule has 6 heteroatoms. The normalized spacial score (nSPS) is 14.5. The molecule has 0 radical (unpaired) electrons. The molecular formula is C8H11N3O2S. The number of aliphatic hydroxyl groups excluding tert-OH is 2. The van der Waals surface area contributed by atoms with Gasteiger partial charge in [0.15, 0.2) is 0 Å². The van der Waals surface area contributed by atoms with Gasteiger partial charge >= 0.3 is 0 Å². The van der Waals surface area contributed by atoms with Gasteiger partial charge in [-0.05, 0) is 29.5 Å². The van der Waals surface area contributed by atoms with E-state index in [0.29, 0.717) is 5.56 Å². The summed E-state index contributed by atoms with van der Waals surface area (Å²) in [5, 5.41) is 24.0. The number of aliphatic hydroxyl groups is 2. The molecule has 0 bridgehead atoms. The van der Waals surface area contributed by atoms with Gasteiger partial charge in [-0.1, -0.05) is 5.11 Å². The molecule has 0 aliphatic carbocycles. The zero-order valence-electron chi connectivity index (χ0n) is 7.66. The van der Waals surface area contributed by atoms with Crippen molar-refractivity contribution in [3.8, 4) is 0 Å². The molecule has 0 aliphatic rings. The molecule has 0 saturated heterocycles. The lowest BCUT2D eigenvalue weighted by molar-refractivity contribution is 0.0246. The first kappa shape index (κ1) is 11.0. The van der Waals surface area contributed by atoms with Crippen LogP contribution in [0.3, 0.4) is 0 Å². The molecule has 1 aromatic heterocycles. The van der Waals surface area contributed by atoms with E-state index in [2.05, 4.69) is 10.0 Å². The van der Waals surface area contributed by atoms with Crippen LogP contribution in [-0.4, -0.2) is 22.9 Å². The van der Waals surface area contributed by atoms with Gasteiger partial charge in [-0.25, -0.2) is 0 Å². The molecule has 76 valence electrons. The summed E-state index contributed by atoms with van der Waals surface area (Å²) in [5.74, 6) is 0. The highest BCUT2D eigenvalue weighted by atomic mass is 32.1. The lowest BCUT2D eigenvalue weighted by atomic mass is 10.1. The van der Waals surface area contributed by atoms with Crippen molar-refractivity contribution < 1.29 is 10.2 Å². The maximum absolute atomic E-state index is 9.60. The second-order valence-electron chi connectivity index (χ2n) is 2.92. The zero-order valence-corrected chi connectivity index (χ0v) is 8.48. The molecule has 2 unspecified atom stereocenters. The Morgan fingerprint density at radius 3 is 2.86 bits per heavy atom. The Balaban J connectivity index is 2.64. The third-order valence-electron chi connectivity index (χ3n) is 1.79. The second kappa shape index (κ2) is 4.97. The summed E-state index contributed by atoms with van der Waals surface area (Å²) in [6, 6.07) is 1.80. The van der Waals surface area contributed by atoms with Gasteiger partial charge in [-0.2, -0.15) is 0 Å². The molecule has 2 N–H and O–H groups in total. The lowest BCUT2D eigenvalue weighted by Gasteiger charge is -2.13. The molecule has 0 aliphatic heterocycles. The number of azide groups is 1. The van der Waals surface area contributed by atoms with Crippen molar-refractivity contribution in [2.45, 2.75) is 19.1 Å². The van der Waals surface area contributed by atoms with E-state index in [1.807, 2.05) is 6.92 Å². The molecule has 0 fully saturated rings. The molecule has 14 heavy (non-hydrogen) atoms. The molecule has 2 atom stereocenters. The van der Waals surface area contributed by atoms with Crippen LogP contribution in [0.4, 0.5) is 0 Å². The highest BCUT2D eigenvalue weighted by Gasteiger charge is 2.18. The molecule has 0 amide bonds. The predicted molar refractivity (Wildman–Crippen MR) is 54.0 cm³/mol. The average Bonchev–Trinajstić information content (AvgIpc) is 2.60. The van der Waals surface area contributed by atoms with Crippen molar-refractivity contribution in [2.75, 3.05) is 6.54 Å². The first-order valence-electron chi connectivity index (χ1n) is 4.07. The van der Waals surface area contributed by atoms with Gasteiger partial charge in [0.25, 0.3) is 0 Å². The van der Waals surface area contributed by atoms with Gasteiger partial charge in [0, 0.05) is 9.79 Å². The Morgan fingerprint density at radius 1 is 1.64 bits per heavy atom. The Kier molecular flexibility index (Phi) is 3.91. The SMILES string of the molecule is Cc1cc(C(O)C(O)CN=[N+]=[N-])cs1. The largest absolute Gasteiger partial charge is 0.390 e. The fourth-order valence-electron chi connectivity index (χ4n) is 1.06. The van der Waals surface area contributed by atoms with Crippen molar-refractivity contribution in [3.63, 3.8) is 0 Å². The standard InChI is InChI=1S/C8H11N3O2S/c1-5-2-6(4-14-5)8(13)7(12)3-10-11-9/h2,4,7-8,12-13H,3H2,1H3. The van der Waals surface area contributed by atoms with E-state index in [1.54, 1.807) is 11.4 Å². The van der Waals surface area contributed by atoms with Crippen LogP contribution in [0.15, 0.2) is 16.6 Å². The molecule has 1 rings (SSSR count). The van der Waals surface area contributed by atoms with Gasteiger partial charge in [-0.3, -0.25) is 0 Å². The minimum absolute atomic E-state index is 0.118. The molecular weight excluding hydrogens is 202 g/mol. The van der Waals surface area contributed by atoms with E-state index in [4.69, 9.17) is 5.53 Å². The summed E-state index contributed by atoms with van der Waals surface area (Å²) in [6.07, 6.45) is -2.02. The number of hydrogen-bond acceptors (Lipinski definition) is 4. The van der Waals surface area contributed by atoms with Crippen LogP contribution in [0.5, 0.6) is 0 Å². The fourth-order valence-corrected chi connectivity index (χ4v) is 1.79. The van der Waals surface area contributed by atoms with Gasteiger partial charge in [-0.15, -0.1) is 11.3 Å². The van der Waals surface area contributed by atoms with Crippen molar-refractivity contribution in [1.29, 1.82) is 0 Å². The van der Waals surface area contributed by atoms with Gasteiger partial charge in [0.05, 0.1) is 12.6 Å². The van der Waals surface area contributed by atoms with Crippen molar-refractivity contribution >= 4 is 11.3 Å². The summed E-state index contributed by atoms with van der Waals surface area (Å²) in [7, 11) is 0. The molecule has 0 spiro atoms. The highest BCUT2D eigenvalue weighted by molar-refractivity contribution is 7.10. The topological polar surface area (TPSA) is 89.2 Å². The number of hydrogen-bond donors (Lipinski definition) is 2. The third-order valence-corrected chi connectivity index (χ3v) is 2.67. The summed E-state index contributed by atoms with van der Waals surface area (Å²) >= 11 is 1.50. The number of rotatable bonds is 4. The van der Waals surface area contributed by atoms with Crippen LogP contribution in [-0.2, 0) is 0 Å². The van der Waals surface area contributed by atoms with Crippen molar-refractivity contribution in [1.82, 2.24) is 0 Å². The number of thiophene rings is 1. The molecule has 5 nitrogen and oxygen atoms in total. The van der Waals surface area contributed by atoms with Crippen LogP contribution in [0.2, 0.25) is 0 Å². The average molecular weight is 213 g/mol. The molecule has 1 aromatic rings. The van der Waals surface area contributed by atoms with E-state index >= 15 is 0 Å². The first-order chi connectivity index (χ1) is 6.65. The van der Waals surface area contributed by atoms with Crippen LogP contribution in [0.1, 0.15) is 16.5 Å². The summed E-state index contributed by atoms with van der Waals surface area (Å²) in [4.78, 5) is 3.58. The lowest BCUT2D eigenvalue weighted by Crippen LogP contribution is -2.20. The number of aryl methyl sites for hydroxylation is 1. The second-order valence-corrected chi connectivity index (χ2v) is 4.03. The van der Waals surface area contributed by atoms with Crippen molar-refractivity contribution in [2.24, 2.45) is 5.11 Å². The van der Waals surface area contributed by atoms with E-state index in [0.717, 1.165) is 4.88 Å². The van der Waals surface area contributed by atoms with Crippen LogP contribution >= 0.6 is 11.3 Å². The quantitative estimate of drug-likeness (QED) is 0.453. The monoisotopic (exact) mass is 213 g/mol. The maximum atomic E-state index is 9.60. The van der Waals surface area contributed by atoms with E-state index in [1.165, 1.54) is 11.3 Å². The Bertz CT molecular complexity index is 346. The van der Waals surface area contributed by atoms with Gasteiger partial charge in [0.2, 0.25) is 0 Å². The Morgan fingerprint density at radius 2 is 2.36 bits per heavy atom. The first-order valence-corrected chi connectivity index (χ1v) is 4.95. The minimum atomic E-state index is -1.04. The summed E-state index contributed by atoms with van der Waals surface area (Å²) in [5.41, 5.74) is 8.70. The van der Waals surface area contributed by atoms with E-state index in [-0.39, 0.29) is 6.54 Å². The van der Waals surface area contributed by atoms with Crippen LogP contribution < -0.4 is 0 Å². The third kappa shape index (κ3) is 2.71. The molecule has 0 aromatic carbocycles. The van der Waals surface area contributed by atoms with E-state index in [9.17, 15) is 10.2 Å². The highest BCUT2D eigenvalue weighted by Crippen LogP contribution is 2.22. The smallest absolute Gasteiger partial charge is 0.106 e.